The summed E-state index contributed by atoms with van der Waals surface area (Å²) in [6, 6.07) is 14.3. The van der Waals surface area contributed by atoms with Crippen molar-refractivity contribution in [3.05, 3.63) is 54.1 Å². The van der Waals surface area contributed by atoms with E-state index in [1.54, 1.807) is 31.3 Å². The lowest BCUT2D eigenvalue weighted by atomic mass is 10.2. The molecule has 0 radical (unpaired) electrons. The minimum Gasteiger partial charge on any atom is -0.493 e. The van der Waals surface area contributed by atoms with E-state index in [0.29, 0.717) is 23.8 Å². The normalized spacial score (nSPS) is 10.3. The third kappa shape index (κ3) is 6.12. The molecule has 26 heavy (non-hydrogen) atoms. The van der Waals surface area contributed by atoms with Gasteiger partial charge in [0.2, 0.25) is 5.91 Å². The van der Waals surface area contributed by atoms with Gasteiger partial charge in [0, 0.05) is 24.0 Å². The summed E-state index contributed by atoms with van der Waals surface area (Å²) < 4.78 is 5.63. The summed E-state index contributed by atoms with van der Waals surface area (Å²) in [5.74, 6) is 0.885. The SMILES string of the molecule is CNC(=O)c1cccc(NC(=O)CNc2ccc(OCC(C)C)cc2)c1. The van der Waals surface area contributed by atoms with Gasteiger partial charge in [-0.2, -0.15) is 0 Å². The molecule has 6 nitrogen and oxygen atoms in total. The number of amides is 2. The van der Waals surface area contributed by atoms with Gasteiger partial charge in [-0.05, 0) is 48.4 Å². The number of benzene rings is 2. The molecule has 0 spiro atoms. The number of hydrogen-bond donors (Lipinski definition) is 3. The maximum Gasteiger partial charge on any atom is 0.251 e. The van der Waals surface area contributed by atoms with Crippen LogP contribution in [0.15, 0.2) is 48.5 Å². The van der Waals surface area contributed by atoms with Crippen LogP contribution in [0, 0.1) is 5.92 Å². The zero-order valence-electron chi connectivity index (χ0n) is 15.3. The minimum atomic E-state index is -0.195. The maximum atomic E-state index is 12.1. The van der Waals surface area contributed by atoms with E-state index in [1.807, 2.05) is 24.3 Å². The number of ether oxygens (including phenoxy) is 1. The summed E-state index contributed by atoms with van der Waals surface area (Å²) in [4.78, 5) is 23.7. The number of anilines is 2. The van der Waals surface area contributed by atoms with E-state index in [0.717, 1.165) is 11.4 Å². The van der Waals surface area contributed by atoms with Gasteiger partial charge in [-0.1, -0.05) is 19.9 Å². The molecule has 2 amide bonds. The molecule has 2 aromatic rings. The highest BCUT2D eigenvalue weighted by Crippen LogP contribution is 2.16. The number of nitrogens with one attached hydrogen (secondary N) is 3. The topological polar surface area (TPSA) is 79.5 Å². The molecule has 0 aliphatic rings. The largest absolute Gasteiger partial charge is 0.493 e. The molecule has 0 aromatic heterocycles. The first kappa shape index (κ1) is 19.3. The highest BCUT2D eigenvalue weighted by molar-refractivity contribution is 5.98. The molecule has 0 saturated heterocycles. The Bertz CT molecular complexity index is 742. The average molecular weight is 355 g/mol. The van der Waals surface area contributed by atoms with Crippen LogP contribution in [-0.4, -0.2) is 32.0 Å². The van der Waals surface area contributed by atoms with Crippen LogP contribution in [0.4, 0.5) is 11.4 Å². The molecule has 0 heterocycles. The van der Waals surface area contributed by atoms with Crippen LogP contribution in [0.2, 0.25) is 0 Å². The lowest BCUT2D eigenvalue weighted by Gasteiger charge is -2.11. The first-order chi connectivity index (χ1) is 12.5. The van der Waals surface area contributed by atoms with Crippen LogP contribution in [0.1, 0.15) is 24.2 Å². The lowest BCUT2D eigenvalue weighted by Crippen LogP contribution is -2.22. The monoisotopic (exact) mass is 355 g/mol. The average Bonchev–Trinajstić information content (AvgIpc) is 2.65. The Morgan fingerprint density at radius 3 is 2.42 bits per heavy atom. The van der Waals surface area contributed by atoms with Gasteiger partial charge in [-0.3, -0.25) is 9.59 Å². The molecule has 0 bridgehead atoms. The Kier molecular flexibility index (Phi) is 7.02. The first-order valence-corrected chi connectivity index (χ1v) is 8.56. The molecule has 2 rings (SSSR count). The van der Waals surface area contributed by atoms with Crippen LogP contribution in [0.25, 0.3) is 0 Å². The van der Waals surface area contributed by atoms with Gasteiger partial charge in [-0.25, -0.2) is 0 Å². The van der Waals surface area contributed by atoms with Crippen molar-refractivity contribution in [1.29, 1.82) is 0 Å². The van der Waals surface area contributed by atoms with Crippen LogP contribution in [-0.2, 0) is 4.79 Å². The van der Waals surface area contributed by atoms with Gasteiger partial charge in [0.05, 0.1) is 13.2 Å². The Balaban J connectivity index is 1.84. The number of rotatable bonds is 8. The highest BCUT2D eigenvalue weighted by Gasteiger charge is 2.06. The molecule has 0 aliphatic heterocycles. The second-order valence-electron chi connectivity index (χ2n) is 6.29. The highest BCUT2D eigenvalue weighted by atomic mass is 16.5. The molecule has 6 heteroatoms. The first-order valence-electron chi connectivity index (χ1n) is 8.56. The van der Waals surface area contributed by atoms with Crippen LogP contribution in [0.5, 0.6) is 5.75 Å². The molecule has 0 atom stereocenters. The van der Waals surface area contributed by atoms with Crippen LogP contribution >= 0.6 is 0 Å². The standard InChI is InChI=1S/C20H25N3O3/c1-14(2)13-26-18-9-7-16(8-10-18)22-12-19(24)23-17-6-4-5-15(11-17)20(25)21-3/h4-11,14,22H,12-13H2,1-3H3,(H,21,25)(H,23,24). The summed E-state index contributed by atoms with van der Waals surface area (Å²) in [5, 5.41) is 8.38. The predicted octanol–water partition coefficient (Wildman–Crippen LogP) is 3.13. The Morgan fingerprint density at radius 1 is 1.04 bits per heavy atom. The van der Waals surface area contributed by atoms with Gasteiger partial charge in [0.25, 0.3) is 5.91 Å². The molecule has 2 aromatic carbocycles. The van der Waals surface area contributed by atoms with Crippen molar-refractivity contribution in [1.82, 2.24) is 5.32 Å². The van der Waals surface area contributed by atoms with Crippen molar-refractivity contribution in [3.8, 4) is 5.75 Å². The maximum absolute atomic E-state index is 12.1. The van der Waals surface area contributed by atoms with Crippen LogP contribution in [0.3, 0.4) is 0 Å². The molecule has 3 N–H and O–H groups in total. The van der Waals surface area contributed by atoms with Gasteiger partial charge >= 0.3 is 0 Å². The molecule has 0 fully saturated rings. The lowest BCUT2D eigenvalue weighted by molar-refractivity contribution is -0.114. The van der Waals surface area contributed by atoms with Crippen molar-refractivity contribution < 1.29 is 14.3 Å². The van der Waals surface area contributed by atoms with Gasteiger partial charge in [0.15, 0.2) is 0 Å². The molecule has 0 aliphatic carbocycles. The summed E-state index contributed by atoms with van der Waals surface area (Å²) in [6.07, 6.45) is 0. The van der Waals surface area contributed by atoms with E-state index in [-0.39, 0.29) is 18.4 Å². The fraction of sp³-hybridized carbons (Fsp3) is 0.300. The van der Waals surface area contributed by atoms with Gasteiger partial charge < -0.3 is 20.7 Å². The number of carbonyl (C=O) groups excluding carboxylic acids is 2. The zero-order chi connectivity index (χ0) is 18.9. The summed E-state index contributed by atoms with van der Waals surface area (Å²) in [7, 11) is 1.57. The van der Waals surface area contributed by atoms with E-state index < -0.39 is 0 Å². The van der Waals surface area contributed by atoms with Crippen molar-refractivity contribution >= 4 is 23.2 Å². The van der Waals surface area contributed by atoms with Crippen LogP contribution < -0.4 is 20.7 Å². The Morgan fingerprint density at radius 2 is 1.77 bits per heavy atom. The second kappa shape index (κ2) is 9.46. The van der Waals surface area contributed by atoms with E-state index in [1.165, 1.54) is 0 Å². The fourth-order valence-corrected chi connectivity index (χ4v) is 2.20. The van der Waals surface area contributed by atoms with Gasteiger partial charge in [0.1, 0.15) is 5.75 Å². The number of hydrogen-bond acceptors (Lipinski definition) is 4. The Labute approximate surface area is 153 Å². The minimum absolute atomic E-state index is 0.121. The third-order valence-corrected chi connectivity index (χ3v) is 3.53. The molecule has 0 unspecified atom stereocenters. The Hall–Kier alpha value is -3.02. The summed E-state index contributed by atoms with van der Waals surface area (Å²) >= 11 is 0. The quantitative estimate of drug-likeness (QED) is 0.680. The van der Waals surface area contributed by atoms with E-state index in [9.17, 15) is 9.59 Å². The molecule has 138 valence electrons. The fourth-order valence-electron chi connectivity index (χ4n) is 2.20. The summed E-state index contributed by atoms with van der Waals surface area (Å²) in [5.41, 5.74) is 1.90. The van der Waals surface area contributed by atoms with E-state index >= 15 is 0 Å². The zero-order valence-corrected chi connectivity index (χ0v) is 15.3. The molecule has 0 saturated carbocycles. The van der Waals surface area contributed by atoms with Crippen molar-refractivity contribution in [3.63, 3.8) is 0 Å². The van der Waals surface area contributed by atoms with E-state index in [2.05, 4.69) is 29.8 Å². The number of carbonyl (C=O) groups is 2. The predicted molar refractivity (Wildman–Crippen MR) is 104 cm³/mol. The summed E-state index contributed by atoms with van der Waals surface area (Å²) in [6.45, 7) is 4.98. The van der Waals surface area contributed by atoms with Crippen molar-refractivity contribution in [2.75, 3.05) is 30.8 Å². The molecular formula is C20H25N3O3. The van der Waals surface area contributed by atoms with Crippen molar-refractivity contribution in [2.45, 2.75) is 13.8 Å². The molecular weight excluding hydrogens is 330 g/mol. The van der Waals surface area contributed by atoms with Gasteiger partial charge in [-0.15, -0.1) is 0 Å². The smallest absolute Gasteiger partial charge is 0.251 e. The second-order valence-corrected chi connectivity index (χ2v) is 6.29. The van der Waals surface area contributed by atoms with Crippen molar-refractivity contribution in [2.24, 2.45) is 5.92 Å². The van der Waals surface area contributed by atoms with E-state index in [4.69, 9.17) is 4.74 Å². The third-order valence-electron chi connectivity index (χ3n) is 3.53.